The Bertz CT molecular complexity index is 2360. The van der Waals surface area contributed by atoms with Crippen LogP contribution in [0.15, 0.2) is 42.0 Å². The first-order chi connectivity index (χ1) is 25.1. The van der Waals surface area contributed by atoms with Crippen LogP contribution < -0.4 is 0 Å². The van der Waals surface area contributed by atoms with E-state index in [2.05, 4.69) is 9.97 Å². The Morgan fingerprint density at radius 2 is 1.45 bits per heavy atom. The third kappa shape index (κ3) is 6.35. The fourth-order valence-electron chi connectivity index (χ4n) is 7.86. The monoisotopic (exact) mass is 722 g/mol. The normalized spacial score (nSPS) is 18.5. The molecule has 0 amide bonds. The van der Waals surface area contributed by atoms with E-state index >= 15 is 0 Å². The number of aromatic nitrogens is 4. The van der Waals surface area contributed by atoms with Crippen molar-refractivity contribution in [1.29, 1.82) is 0 Å². The number of fused-ring (bicyclic) bond motifs is 11. The first kappa shape index (κ1) is 37.0. The smallest absolute Gasteiger partial charge is 0.334 e. The zero-order valence-corrected chi connectivity index (χ0v) is 30.6. The molecule has 3 aromatic rings. The van der Waals surface area contributed by atoms with Crippen LogP contribution in [0.3, 0.4) is 0 Å². The van der Waals surface area contributed by atoms with Gasteiger partial charge in [-0.2, -0.15) is 0 Å². The summed E-state index contributed by atoms with van der Waals surface area (Å²) in [6, 6.07) is 7.28. The summed E-state index contributed by atoms with van der Waals surface area (Å²) in [5, 5.41) is 30.2. The molecule has 8 bridgehead atoms. The first-order valence-corrected chi connectivity index (χ1v) is 17.3. The average molecular weight is 723 g/mol. The molecule has 0 fully saturated rings. The summed E-state index contributed by atoms with van der Waals surface area (Å²) < 4.78 is 10.4. The molecule has 0 saturated carbocycles. The van der Waals surface area contributed by atoms with Gasteiger partial charge in [-0.25, -0.2) is 9.78 Å². The molecular weight excluding hydrogens is 680 g/mol. The van der Waals surface area contributed by atoms with Crippen LogP contribution in [0.2, 0.25) is 0 Å². The molecule has 3 unspecified atom stereocenters. The minimum atomic E-state index is -1.24. The summed E-state index contributed by atoms with van der Waals surface area (Å²) in [7, 11) is 2.49. The maximum Gasteiger partial charge on any atom is 0.334 e. The number of aliphatic carboxylic acids is 2. The van der Waals surface area contributed by atoms with E-state index in [0.717, 1.165) is 16.7 Å². The molecule has 0 radical (unpaired) electrons. The molecule has 6 rings (SSSR count). The predicted octanol–water partition coefficient (Wildman–Crippen LogP) is 6.04. The minimum Gasteiger partial charge on any atom is -0.481 e. The molecule has 3 atom stereocenters. The molecular formula is C40H42N4O9. The van der Waals surface area contributed by atoms with E-state index in [9.17, 15) is 34.5 Å². The fourth-order valence-corrected chi connectivity index (χ4v) is 7.86. The van der Waals surface area contributed by atoms with Crippen LogP contribution in [-0.4, -0.2) is 73.4 Å². The summed E-state index contributed by atoms with van der Waals surface area (Å²) in [4.78, 5) is 67.3. The van der Waals surface area contributed by atoms with Crippen LogP contribution in [0.4, 0.5) is 0 Å². The summed E-state index contributed by atoms with van der Waals surface area (Å²) in [6.45, 7) is 9.12. The zero-order chi connectivity index (χ0) is 38.5. The number of carboxylic acid groups (broad SMARTS) is 2. The van der Waals surface area contributed by atoms with Crippen molar-refractivity contribution in [2.75, 3.05) is 14.2 Å². The van der Waals surface area contributed by atoms with Crippen molar-refractivity contribution in [2.45, 2.75) is 71.8 Å². The van der Waals surface area contributed by atoms with E-state index in [-0.39, 0.29) is 31.3 Å². The molecule has 13 heteroatoms. The lowest BCUT2D eigenvalue weighted by Gasteiger charge is -2.36. The lowest BCUT2D eigenvalue weighted by Crippen LogP contribution is -2.42. The van der Waals surface area contributed by atoms with E-state index in [1.165, 1.54) is 14.2 Å². The highest BCUT2D eigenvalue weighted by molar-refractivity contribution is 6.02. The maximum atomic E-state index is 13.7. The van der Waals surface area contributed by atoms with Crippen LogP contribution in [0.5, 0.6) is 0 Å². The van der Waals surface area contributed by atoms with Gasteiger partial charge in [0.25, 0.3) is 0 Å². The number of hydrogen-bond donors (Lipinski definition) is 5. The molecule has 1 aliphatic carbocycles. The van der Waals surface area contributed by atoms with E-state index in [1.54, 1.807) is 31.2 Å². The van der Waals surface area contributed by atoms with Gasteiger partial charge in [0.15, 0.2) is 0 Å². The number of aromatic amines is 2. The standard InChI is InChI=1S/C40H42N4O9/c1-18-22(9-12-34(46)47)29-16-30-23(10-13-35(48)49)19(2)28(42-30)17-33-40(5)25(11-8-24(38(50)52-6)37(40)39(51)53-7)31(44-33)14-27-20(3)36(21(4)45)32(43-27)15-26(18)41-29/h8,11,14-17,21,37,41,43,45H,9-10,12-13H2,1-7H3,(H,46,47)(H,48,49). The largest absolute Gasteiger partial charge is 0.481 e. The number of carbonyl (C=O) groups excluding carboxylic acids is 2. The first-order valence-electron chi connectivity index (χ1n) is 17.3. The van der Waals surface area contributed by atoms with Crippen molar-refractivity contribution in [1.82, 2.24) is 19.9 Å². The van der Waals surface area contributed by atoms with E-state index < -0.39 is 41.3 Å². The van der Waals surface area contributed by atoms with E-state index in [4.69, 9.17) is 19.4 Å². The molecule has 53 heavy (non-hydrogen) atoms. The average Bonchev–Trinajstić information content (AvgIpc) is 3.76. The van der Waals surface area contributed by atoms with Gasteiger partial charge in [-0.05, 0) is 105 Å². The number of ether oxygens (including phenoxy) is 2. The fraction of sp³-hybridized carbons (Fsp3) is 0.350. The predicted molar refractivity (Wildman–Crippen MR) is 197 cm³/mol. The third-order valence-electron chi connectivity index (χ3n) is 10.7. The van der Waals surface area contributed by atoms with Crippen LogP contribution in [0.25, 0.3) is 38.8 Å². The number of methoxy groups -OCH3 is 2. The number of esters is 2. The Morgan fingerprint density at radius 3 is 2.09 bits per heavy atom. The van der Waals surface area contributed by atoms with Crippen LogP contribution in [-0.2, 0) is 40.5 Å². The van der Waals surface area contributed by atoms with Crippen molar-refractivity contribution in [3.05, 3.63) is 87.0 Å². The molecule has 3 aromatic heterocycles. The second-order valence-electron chi connectivity index (χ2n) is 13.8. The minimum absolute atomic E-state index is 0.0955. The van der Waals surface area contributed by atoms with Gasteiger partial charge in [0.05, 0.1) is 54.1 Å². The number of hydrogen-bond acceptors (Lipinski definition) is 9. The van der Waals surface area contributed by atoms with Gasteiger partial charge in [0, 0.05) is 40.5 Å². The molecule has 276 valence electrons. The molecule has 0 aromatic carbocycles. The van der Waals surface area contributed by atoms with Crippen molar-refractivity contribution >= 4 is 62.7 Å². The maximum absolute atomic E-state index is 13.7. The Labute approximate surface area is 305 Å². The highest BCUT2D eigenvalue weighted by Gasteiger charge is 2.53. The number of carbonyl (C=O) groups is 4. The van der Waals surface area contributed by atoms with Crippen molar-refractivity contribution in [3.8, 4) is 0 Å². The Balaban J connectivity index is 1.79. The summed E-state index contributed by atoms with van der Waals surface area (Å²) in [5.74, 6) is -4.43. The molecule has 2 aliphatic heterocycles. The lowest BCUT2D eigenvalue weighted by atomic mass is 9.64. The van der Waals surface area contributed by atoms with E-state index in [0.29, 0.717) is 67.1 Å². The summed E-state index contributed by atoms with van der Waals surface area (Å²) in [6.07, 6.45) is 2.55. The van der Waals surface area contributed by atoms with Crippen LogP contribution in [0.1, 0.15) is 91.2 Å². The molecule has 5 N–H and O–H groups in total. The number of allylic oxidation sites excluding steroid dienone is 5. The summed E-state index contributed by atoms with van der Waals surface area (Å²) in [5.41, 5.74) is 8.38. The number of nitrogens with one attached hydrogen (secondary N) is 2. The number of aliphatic hydroxyl groups is 1. The number of aryl methyl sites for hydroxylation is 3. The van der Waals surface area contributed by atoms with Gasteiger partial charge in [0.2, 0.25) is 0 Å². The third-order valence-corrected chi connectivity index (χ3v) is 10.7. The van der Waals surface area contributed by atoms with Crippen molar-refractivity contribution in [2.24, 2.45) is 5.92 Å². The van der Waals surface area contributed by atoms with Gasteiger partial charge in [-0.3, -0.25) is 19.4 Å². The molecule has 0 spiro atoms. The Hall–Kier alpha value is -5.82. The number of carboxylic acids is 2. The van der Waals surface area contributed by atoms with Gasteiger partial charge < -0.3 is 34.8 Å². The number of rotatable bonds is 9. The lowest BCUT2D eigenvalue weighted by molar-refractivity contribution is -0.149. The molecule has 13 nitrogen and oxygen atoms in total. The van der Waals surface area contributed by atoms with Gasteiger partial charge in [-0.1, -0.05) is 12.2 Å². The second kappa shape index (κ2) is 14.0. The SMILES string of the molecule is COC(=O)C1=CC=C2c3cc4[nH]c(cc5[nH]c(cc6nc(cc(n3)C2(C)C1C(=O)OC)C(C)=C6CCC(=O)O)c(CCC(=O)O)c5C)c(C(C)O)c4C. The van der Waals surface area contributed by atoms with Gasteiger partial charge in [-0.15, -0.1) is 0 Å². The van der Waals surface area contributed by atoms with Crippen LogP contribution in [0, 0.1) is 19.8 Å². The summed E-state index contributed by atoms with van der Waals surface area (Å²) >= 11 is 0. The highest BCUT2D eigenvalue weighted by atomic mass is 16.5. The topological polar surface area (TPSA) is 205 Å². The van der Waals surface area contributed by atoms with Crippen molar-refractivity contribution in [3.63, 3.8) is 0 Å². The highest BCUT2D eigenvalue weighted by Crippen LogP contribution is 2.52. The molecule has 0 saturated heterocycles. The zero-order valence-electron chi connectivity index (χ0n) is 30.6. The van der Waals surface area contributed by atoms with Crippen LogP contribution >= 0.6 is 0 Å². The molecule has 5 heterocycles. The quantitative estimate of drug-likeness (QED) is 0.161. The van der Waals surface area contributed by atoms with Crippen molar-refractivity contribution < 1.29 is 44.0 Å². The van der Waals surface area contributed by atoms with Gasteiger partial charge >= 0.3 is 23.9 Å². The number of aliphatic hydroxyl groups excluding tert-OH is 1. The Kier molecular flexibility index (Phi) is 9.73. The number of H-pyrrole nitrogens is 2. The second-order valence-corrected chi connectivity index (χ2v) is 13.8. The molecule has 3 aliphatic rings. The van der Waals surface area contributed by atoms with E-state index in [1.807, 2.05) is 39.8 Å². The Morgan fingerprint density at radius 1 is 0.811 bits per heavy atom. The number of nitrogens with zero attached hydrogens (tertiary/aromatic N) is 2. The van der Waals surface area contributed by atoms with Gasteiger partial charge in [0.1, 0.15) is 5.92 Å².